The average molecular weight is 286 g/mol. The van der Waals surface area contributed by atoms with E-state index < -0.39 is 0 Å². The molecule has 0 radical (unpaired) electrons. The zero-order valence-corrected chi connectivity index (χ0v) is 13.0. The normalized spacial score (nSPS) is 10.7. The molecule has 2 rings (SSSR count). The summed E-state index contributed by atoms with van der Waals surface area (Å²) < 4.78 is 5.26. The van der Waals surface area contributed by atoms with Crippen LogP contribution in [0, 0.1) is 0 Å². The second-order valence-corrected chi connectivity index (χ2v) is 5.16. The number of methoxy groups -OCH3 is 1. The Hall–Kier alpha value is -2.14. The zero-order valence-electron chi connectivity index (χ0n) is 13.0. The van der Waals surface area contributed by atoms with Crippen molar-refractivity contribution in [3.8, 4) is 5.75 Å². The fourth-order valence-electron chi connectivity index (χ4n) is 1.90. The number of rotatable bonds is 6. The van der Waals surface area contributed by atoms with Crippen molar-refractivity contribution in [3.05, 3.63) is 42.4 Å². The third kappa shape index (κ3) is 4.16. The van der Waals surface area contributed by atoms with Crippen LogP contribution in [0.25, 0.3) is 0 Å². The van der Waals surface area contributed by atoms with Crippen LogP contribution >= 0.6 is 0 Å². The molecule has 0 aliphatic heterocycles. The van der Waals surface area contributed by atoms with E-state index in [-0.39, 0.29) is 0 Å². The van der Waals surface area contributed by atoms with Crippen molar-refractivity contribution in [1.82, 2.24) is 15.3 Å². The Morgan fingerprint density at radius 3 is 2.81 bits per heavy atom. The van der Waals surface area contributed by atoms with Gasteiger partial charge in [-0.05, 0) is 12.1 Å². The van der Waals surface area contributed by atoms with E-state index in [0.29, 0.717) is 12.6 Å². The van der Waals surface area contributed by atoms with E-state index in [1.165, 1.54) is 0 Å². The summed E-state index contributed by atoms with van der Waals surface area (Å²) in [7, 11) is 3.63. The molecule has 0 aliphatic carbocycles. The third-order valence-electron chi connectivity index (χ3n) is 3.15. The average Bonchev–Trinajstić information content (AvgIpc) is 2.52. The van der Waals surface area contributed by atoms with Crippen molar-refractivity contribution in [2.24, 2.45) is 0 Å². The van der Waals surface area contributed by atoms with Gasteiger partial charge in [-0.15, -0.1) is 0 Å². The molecule has 1 N–H and O–H groups in total. The highest BCUT2D eigenvalue weighted by Gasteiger charge is 2.08. The summed E-state index contributed by atoms with van der Waals surface area (Å²) in [6.45, 7) is 4.93. The smallest absolute Gasteiger partial charge is 0.151 e. The molecular formula is C16H22N4O. The van der Waals surface area contributed by atoms with Crippen LogP contribution in [0.15, 0.2) is 36.7 Å². The summed E-state index contributed by atoms with van der Waals surface area (Å²) in [4.78, 5) is 10.9. The highest BCUT2D eigenvalue weighted by molar-refractivity contribution is 5.60. The number of anilines is 2. The van der Waals surface area contributed by atoms with Gasteiger partial charge in [0.05, 0.1) is 19.0 Å². The van der Waals surface area contributed by atoms with E-state index in [1.807, 2.05) is 36.2 Å². The molecule has 112 valence electrons. The molecule has 0 fully saturated rings. The van der Waals surface area contributed by atoms with Crippen LogP contribution in [-0.4, -0.2) is 30.2 Å². The predicted molar refractivity (Wildman–Crippen MR) is 85.1 cm³/mol. The minimum absolute atomic E-state index is 0.423. The highest BCUT2D eigenvalue weighted by atomic mass is 16.5. The Labute approximate surface area is 126 Å². The van der Waals surface area contributed by atoms with Crippen LogP contribution in [0.1, 0.15) is 19.5 Å². The van der Waals surface area contributed by atoms with Gasteiger partial charge >= 0.3 is 0 Å². The third-order valence-corrected chi connectivity index (χ3v) is 3.15. The number of benzene rings is 1. The van der Waals surface area contributed by atoms with Gasteiger partial charge in [-0.1, -0.05) is 19.9 Å². The minimum atomic E-state index is 0.423. The van der Waals surface area contributed by atoms with Crippen molar-refractivity contribution in [3.63, 3.8) is 0 Å². The Balaban J connectivity index is 2.18. The van der Waals surface area contributed by atoms with E-state index >= 15 is 0 Å². The molecule has 0 amide bonds. The lowest BCUT2D eigenvalue weighted by Crippen LogP contribution is -2.23. The lowest BCUT2D eigenvalue weighted by atomic mass is 10.3. The number of ether oxygens (including phenoxy) is 1. The largest absolute Gasteiger partial charge is 0.497 e. The van der Waals surface area contributed by atoms with Crippen LogP contribution < -0.4 is 15.0 Å². The van der Waals surface area contributed by atoms with Crippen LogP contribution in [-0.2, 0) is 6.54 Å². The Bertz CT molecular complexity index is 586. The van der Waals surface area contributed by atoms with Gasteiger partial charge in [0.15, 0.2) is 5.82 Å². The first-order valence-corrected chi connectivity index (χ1v) is 7.02. The van der Waals surface area contributed by atoms with Gasteiger partial charge in [0.2, 0.25) is 0 Å². The van der Waals surface area contributed by atoms with Gasteiger partial charge in [-0.3, -0.25) is 4.98 Å². The lowest BCUT2D eigenvalue weighted by molar-refractivity contribution is 0.415. The maximum Gasteiger partial charge on any atom is 0.151 e. The second kappa shape index (κ2) is 7.04. The van der Waals surface area contributed by atoms with Crippen LogP contribution in [0.3, 0.4) is 0 Å². The molecule has 1 aromatic carbocycles. The van der Waals surface area contributed by atoms with Crippen molar-refractivity contribution in [1.29, 1.82) is 0 Å². The SMILES string of the molecule is COc1cccc(N(C)c2cncc(CNC(C)C)n2)c1. The molecule has 21 heavy (non-hydrogen) atoms. The maximum atomic E-state index is 5.26. The molecule has 0 saturated carbocycles. The Morgan fingerprint density at radius 2 is 2.10 bits per heavy atom. The van der Waals surface area contributed by atoms with Gasteiger partial charge in [0.1, 0.15) is 5.75 Å². The molecule has 0 atom stereocenters. The van der Waals surface area contributed by atoms with Crippen LogP contribution in [0.4, 0.5) is 11.5 Å². The summed E-state index contributed by atoms with van der Waals surface area (Å²) in [5, 5.41) is 3.34. The summed E-state index contributed by atoms with van der Waals surface area (Å²) >= 11 is 0. The molecule has 5 heteroatoms. The van der Waals surface area contributed by atoms with Crippen molar-refractivity contribution in [2.45, 2.75) is 26.4 Å². The van der Waals surface area contributed by atoms with Crippen molar-refractivity contribution in [2.75, 3.05) is 19.1 Å². The van der Waals surface area contributed by atoms with E-state index in [0.717, 1.165) is 22.9 Å². The van der Waals surface area contributed by atoms with Gasteiger partial charge in [0, 0.05) is 37.6 Å². The van der Waals surface area contributed by atoms with Gasteiger partial charge in [0.25, 0.3) is 0 Å². The van der Waals surface area contributed by atoms with E-state index in [1.54, 1.807) is 19.5 Å². The van der Waals surface area contributed by atoms with E-state index in [4.69, 9.17) is 4.74 Å². The van der Waals surface area contributed by atoms with Crippen molar-refractivity contribution >= 4 is 11.5 Å². The molecule has 0 spiro atoms. The molecule has 5 nitrogen and oxygen atoms in total. The quantitative estimate of drug-likeness (QED) is 0.885. The molecule has 2 aromatic rings. The molecular weight excluding hydrogens is 264 g/mol. The van der Waals surface area contributed by atoms with E-state index in [9.17, 15) is 0 Å². The monoisotopic (exact) mass is 286 g/mol. The summed E-state index contributed by atoms with van der Waals surface area (Å²) in [5.41, 5.74) is 1.94. The highest BCUT2D eigenvalue weighted by Crippen LogP contribution is 2.25. The molecule has 1 heterocycles. The summed E-state index contributed by atoms with van der Waals surface area (Å²) in [5.74, 6) is 1.64. The lowest BCUT2D eigenvalue weighted by Gasteiger charge is -2.19. The van der Waals surface area contributed by atoms with Gasteiger partial charge in [-0.25, -0.2) is 4.98 Å². The van der Waals surface area contributed by atoms with Crippen LogP contribution in [0.2, 0.25) is 0 Å². The van der Waals surface area contributed by atoms with Gasteiger partial charge < -0.3 is 15.0 Å². The molecule has 0 unspecified atom stereocenters. The first-order chi connectivity index (χ1) is 10.1. The fourth-order valence-corrected chi connectivity index (χ4v) is 1.90. The molecule has 0 saturated heterocycles. The first-order valence-electron chi connectivity index (χ1n) is 7.02. The van der Waals surface area contributed by atoms with Crippen LogP contribution in [0.5, 0.6) is 5.75 Å². The van der Waals surface area contributed by atoms with E-state index in [2.05, 4.69) is 29.1 Å². The number of hydrogen-bond acceptors (Lipinski definition) is 5. The number of nitrogens with zero attached hydrogens (tertiary/aromatic N) is 3. The minimum Gasteiger partial charge on any atom is -0.497 e. The van der Waals surface area contributed by atoms with Crippen molar-refractivity contribution < 1.29 is 4.74 Å². The predicted octanol–water partition coefficient (Wildman–Crippen LogP) is 2.75. The molecule has 0 bridgehead atoms. The number of aromatic nitrogens is 2. The fraction of sp³-hybridized carbons (Fsp3) is 0.375. The summed E-state index contributed by atoms with van der Waals surface area (Å²) in [6.07, 6.45) is 3.55. The number of nitrogens with one attached hydrogen (secondary N) is 1. The molecule has 0 aliphatic rings. The Kier molecular flexibility index (Phi) is 5.11. The maximum absolute atomic E-state index is 5.26. The van der Waals surface area contributed by atoms with Gasteiger partial charge in [-0.2, -0.15) is 0 Å². The second-order valence-electron chi connectivity index (χ2n) is 5.16. The zero-order chi connectivity index (χ0) is 15.2. The Morgan fingerprint density at radius 1 is 1.29 bits per heavy atom. The standard InChI is InChI=1S/C16H22N4O/c1-12(2)18-10-13-9-17-11-16(19-13)20(3)14-6-5-7-15(8-14)21-4/h5-9,11-12,18H,10H2,1-4H3. The first kappa shape index (κ1) is 15.3. The molecule has 1 aromatic heterocycles. The topological polar surface area (TPSA) is 50.3 Å². The summed E-state index contributed by atoms with van der Waals surface area (Å²) in [6, 6.07) is 8.30. The number of hydrogen-bond donors (Lipinski definition) is 1.